The number of carbonyl (C=O) groups excluding carboxylic acids is 2. The van der Waals surface area contributed by atoms with Crippen LogP contribution in [-0.4, -0.2) is 43.5 Å². The minimum atomic E-state index is -0.349. The van der Waals surface area contributed by atoms with Crippen LogP contribution in [0.15, 0.2) is 48.5 Å². The average molecular weight is 384 g/mol. The first-order valence-electron chi connectivity index (χ1n) is 9.48. The fourth-order valence-corrected chi connectivity index (χ4v) is 3.42. The lowest BCUT2D eigenvalue weighted by Gasteiger charge is -2.17. The van der Waals surface area contributed by atoms with Gasteiger partial charge < -0.3 is 15.0 Å². The molecule has 2 aromatic rings. The highest BCUT2D eigenvalue weighted by Crippen LogP contribution is 2.19. The molecule has 0 aliphatic carbocycles. The van der Waals surface area contributed by atoms with Crippen LogP contribution in [0, 0.1) is 11.7 Å². The summed E-state index contributed by atoms with van der Waals surface area (Å²) in [6.07, 6.45) is 1.37. The maximum Gasteiger partial charge on any atom is 0.225 e. The van der Waals surface area contributed by atoms with Crippen molar-refractivity contribution in [3.8, 4) is 5.75 Å². The first kappa shape index (κ1) is 19.9. The van der Waals surface area contributed by atoms with Crippen molar-refractivity contribution in [1.82, 2.24) is 10.2 Å². The highest BCUT2D eigenvalue weighted by Gasteiger charge is 2.33. The van der Waals surface area contributed by atoms with Crippen LogP contribution in [-0.2, 0) is 22.4 Å². The number of nitrogens with zero attached hydrogens (tertiary/aromatic N) is 1. The summed E-state index contributed by atoms with van der Waals surface area (Å²) in [5.74, 6) is 0.0259. The van der Waals surface area contributed by atoms with E-state index in [1.54, 1.807) is 30.2 Å². The summed E-state index contributed by atoms with van der Waals surface area (Å²) in [5.41, 5.74) is 1.66. The van der Waals surface area contributed by atoms with E-state index in [0.717, 1.165) is 11.3 Å². The molecular weight excluding hydrogens is 359 g/mol. The summed E-state index contributed by atoms with van der Waals surface area (Å²) >= 11 is 0. The Morgan fingerprint density at radius 3 is 2.82 bits per heavy atom. The number of carbonyl (C=O) groups is 2. The summed E-state index contributed by atoms with van der Waals surface area (Å²) in [7, 11) is 1.62. The third kappa shape index (κ3) is 5.09. The van der Waals surface area contributed by atoms with E-state index in [1.165, 1.54) is 6.07 Å². The minimum absolute atomic E-state index is 0.00264. The first-order valence-corrected chi connectivity index (χ1v) is 9.48. The molecule has 1 unspecified atom stereocenters. The topological polar surface area (TPSA) is 58.6 Å². The SMILES string of the molecule is COc1cccc(CCN2CC(C(=O)NCCc3ccccc3F)CC2=O)c1. The maximum atomic E-state index is 13.6. The van der Waals surface area contributed by atoms with Crippen molar-refractivity contribution in [1.29, 1.82) is 0 Å². The standard InChI is InChI=1S/C22H25FN2O3/c1-28-19-7-4-5-16(13-19)10-12-25-15-18(14-21(25)26)22(27)24-11-9-17-6-2-3-8-20(17)23/h2-8,13,18H,9-12,14-15H2,1H3,(H,24,27). The van der Waals surface area contributed by atoms with Crippen LogP contribution in [0.2, 0.25) is 0 Å². The quantitative estimate of drug-likeness (QED) is 0.761. The van der Waals surface area contributed by atoms with Crippen LogP contribution < -0.4 is 10.1 Å². The predicted molar refractivity (Wildman–Crippen MR) is 104 cm³/mol. The number of ether oxygens (including phenoxy) is 1. The molecule has 28 heavy (non-hydrogen) atoms. The normalized spacial score (nSPS) is 16.3. The van der Waals surface area contributed by atoms with Crippen molar-refractivity contribution in [2.45, 2.75) is 19.3 Å². The second-order valence-electron chi connectivity index (χ2n) is 6.97. The monoisotopic (exact) mass is 384 g/mol. The van der Waals surface area contributed by atoms with Crippen molar-refractivity contribution in [2.75, 3.05) is 26.7 Å². The van der Waals surface area contributed by atoms with E-state index in [0.29, 0.717) is 38.0 Å². The summed E-state index contributed by atoms with van der Waals surface area (Å²) < 4.78 is 18.8. The molecule has 1 aliphatic rings. The van der Waals surface area contributed by atoms with Crippen LogP contribution in [0.1, 0.15) is 17.5 Å². The Labute approximate surface area is 164 Å². The van der Waals surface area contributed by atoms with E-state index >= 15 is 0 Å². The van der Waals surface area contributed by atoms with Gasteiger partial charge >= 0.3 is 0 Å². The van der Waals surface area contributed by atoms with Crippen molar-refractivity contribution >= 4 is 11.8 Å². The van der Waals surface area contributed by atoms with Gasteiger partial charge in [0.15, 0.2) is 0 Å². The number of likely N-dealkylation sites (tertiary alicyclic amines) is 1. The van der Waals surface area contributed by atoms with Gasteiger partial charge in [0.05, 0.1) is 13.0 Å². The molecule has 5 nitrogen and oxygen atoms in total. The molecule has 1 saturated heterocycles. The molecule has 6 heteroatoms. The number of halogens is 1. The molecule has 0 spiro atoms. The Balaban J connectivity index is 1.45. The molecule has 1 heterocycles. The Morgan fingerprint density at radius 1 is 1.21 bits per heavy atom. The molecule has 1 aliphatic heterocycles. The van der Waals surface area contributed by atoms with E-state index in [1.807, 2.05) is 24.3 Å². The third-order valence-corrected chi connectivity index (χ3v) is 5.04. The molecule has 0 radical (unpaired) electrons. The van der Waals surface area contributed by atoms with Gasteiger partial charge in [0.2, 0.25) is 11.8 Å². The molecule has 1 atom stereocenters. The summed E-state index contributed by atoms with van der Waals surface area (Å²) in [6, 6.07) is 14.3. The largest absolute Gasteiger partial charge is 0.497 e. The van der Waals surface area contributed by atoms with Gasteiger partial charge in [0.25, 0.3) is 0 Å². The molecule has 3 rings (SSSR count). The van der Waals surface area contributed by atoms with E-state index in [9.17, 15) is 14.0 Å². The van der Waals surface area contributed by atoms with Crippen molar-refractivity contribution < 1.29 is 18.7 Å². The second kappa shape index (κ2) is 9.35. The number of rotatable bonds is 8. The Morgan fingerprint density at radius 2 is 2.04 bits per heavy atom. The fraction of sp³-hybridized carbons (Fsp3) is 0.364. The van der Waals surface area contributed by atoms with E-state index in [2.05, 4.69) is 5.32 Å². The van der Waals surface area contributed by atoms with Gasteiger partial charge in [-0.15, -0.1) is 0 Å². The molecule has 2 amide bonds. The molecular formula is C22H25FN2O3. The van der Waals surface area contributed by atoms with Gasteiger partial charge in [-0.05, 0) is 42.2 Å². The van der Waals surface area contributed by atoms with E-state index < -0.39 is 0 Å². The number of amides is 2. The van der Waals surface area contributed by atoms with Crippen LogP contribution >= 0.6 is 0 Å². The van der Waals surface area contributed by atoms with Gasteiger partial charge in [-0.25, -0.2) is 4.39 Å². The number of nitrogens with one attached hydrogen (secondary N) is 1. The lowest BCUT2D eigenvalue weighted by atomic mass is 10.1. The van der Waals surface area contributed by atoms with Gasteiger partial charge in [-0.1, -0.05) is 30.3 Å². The second-order valence-corrected chi connectivity index (χ2v) is 6.97. The molecule has 2 aromatic carbocycles. The van der Waals surface area contributed by atoms with Crippen molar-refractivity contribution in [3.63, 3.8) is 0 Å². The van der Waals surface area contributed by atoms with Gasteiger partial charge in [-0.3, -0.25) is 9.59 Å². The number of methoxy groups -OCH3 is 1. The maximum absolute atomic E-state index is 13.6. The minimum Gasteiger partial charge on any atom is -0.497 e. The summed E-state index contributed by atoms with van der Waals surface area (Å²) in [6.45, 7) is 1.35. The average Bonchev–Trinajstić information content (AvgIpc) is 3.08. The third-order valence-electron chi connectivity index (χ3n) is 5.04. The molecule has 148 valence electrons. The van der Waals surface area contributed by atoms with Crippen LogP contribution in [0.4, 0.5) is 4.39 Å². The molecule has 0 bridgehead atoms. The highest BCUT2D eigenvalue weighted by atomic mass is 19.1. The first-order chi connectivity index (χ1) is 13.6. The van der Waals surface area contributed by atoms with Crippen LogP contribution in [0.3, 0.4) is 0 Å². The molecule has 1 N–H and O–H groups in total. The molecule has 0 aromatic heterocycles. The van der Waals surface area contributed by atoms with Gasteiger partial charge in [0.1, 0.15) is 11.6 Å². The van der Waals surface area contributed by atoms with Crippen LogP contribution in [0.5, 0.6) is 5.75 Å². The van der Waals surface area contributed by atoms with E-state index in [4.69, 9.17) is 4.74 Å². The highest BCUT2D eigenvalue weighted by molar-refractivity contribution is 5.89. The van der Waals surface area contributed by atoms with E-state index in [-0.39, 0.29) is 30.0 Å². The fourth-order valence-electron chi connectivity index (χ4n) is 3.42. The lowest BCUT2D eigenvalue weighted by Crippen LogP contribution is -2.34. The predicted octanol–water partition coefficient (Wildman–Crippen LogP) is 2.58. The Kier molecular flexibility index (Phi) is 6.63. The number of hydrogen-bond donors (Lipinski definition) is 1. The number of benzene rings is 2. The molecule has 0 saturated carbocycles. The lowest BCUT2D eigenvalue weighted by molar-refractivity contribution is -0.129. The summed E-state index contributed by atoms with van der Waals surface area (Å²) in [5, 5.41) is 2.83. The van der Waals surface area contributed by atoms with Crippen molar-refractivity contribution in [2.24, 2.45) is 5.92 Å². The smallest absolute Gasteiger partial charge is 0.225 e. The Hall–Kier alpha value is -2.89. The zero-order valence-corrected chi connectivity index (χ0v) is 16.0. The Bertz CT molecular complexity index is 840. The zero-order valence-electron chi connectivity index (χ0n) is 16.0. The van der Waals surface area contributed by atoms with Gasteiger partial charge in [-0.2, -0.15) is 0 Å². The van der Waals surface area contributed by atoms with Crippen molar-refractivity contribution in [3.05, 3.63) is 65.5 Å². The number of hydrogen-bond acceptors (Lipinski definition) is 3. The molecule has 1 fully saturated rings. The zero-order chi connectivity index (χ0) is 19.9. The van der Waals surface area contributed by atoms with Crippen LogP contribution in [0.25, 0.3) is 0 Å². The van der Waals surface area contributed by atoms with Gasteiger partial charge in [0, 0.05) is 26.1 Å². The summed E-state index contributed by atoms with van der Waals surface area (Å²) in [4.78, 5) is 26.4.